The van der Waals surface area contributed by atoms with Gasteiger partial charge in [-0.2, -0.15) is 0 Å². The SMILES string of the molecule is C[C@@H]1C2CCC(C2)N1C(C)(C)C. The molecule has 0 spiro atoms. The fourth-order valence-corrected chi connectivity index (χ4v) is 3.40. The Labute approximate surface area is 76.1 Å². The average Bonchev–Trinajstić information content (AvgIpc) is 2.42. The Kier molecular flexibility index (Phi) is 1.76. The lowest BCUT2D eigenvalue weighted by Crippen LogP contribution is -2.50. The standard InChI is InChI=1S/C11H21N/c1-8-9-5-6-10(7-9)12(8)11(2,3)4/h8-10H,5-7H2,1-4H3/t8-,9?,10?/m1/s1. The highest BCUT2D eigenvalue weighted by atomic mass is 15.3. The maximum Gasteiger partial charge on any atom is 0.0130 e. The van der Waals surface area contributed by atoms with Crippen molar-refractivity contribution < 1.29 is 0 Å². The molecule has 0 N–H and O–H groups in total. The fourth-order valence-electron chi connectivity index (χ4n) is 3.40. The first-order valence-electron chi connectivity index (χ1n) is 5.28. The Morgan fingerprint density at radius 1 is 1.17 bits per heavy atom. The molecular weight excluding hydrogens is 146 g/mol. The van der Waals surface area contributed by atoms with E-state index < -0.39 is 0 Å². The molecule has 70 valence electrons. The molecule has 0 amide bonds. The Hall–Kier alpha value is -0.0400. The predicted molar refractivity (Wildman–Crippen MR) is 52.2 cm³/mol. The van der Waals surface area contributed by atoms with E-state index in [1.54, 1.807) is 0 Å². The molecule has 2 unspecified atom stereocenters. The van der Waals surface area contributed by atoms with Gasteiger partial charge in [0.25, 0.3) is 0 Å². The van der Waals surface area contributed by atoms with Crippen LogP contribution in [0.25, 0.3) is 0 Å². The van der Waals surface area contributed by atoms with E-state index >= 15 is 0 Å². The summed E-state index contributed by atoms with van der Waals surface area (Å²) in [4.78, 5) is 2.74. The molecule has 1 nitrogen and oxygen atoms in total. The highest BCUT2D eigenvalue weighted by Crippen LogP contribution is 2.45. The van der Waals surface area contributed by atoms with E-state index in [9.17, 15) is 0 Å². The van der Waals surface area contributed by atoms with Gasteiger partial charge in [0.2, 0.25) is 0 Å². The molecule has 1 heteroatoms. The van der Waals surface area contributed by atoms with Crippen LogP contribution in [0.4, 0.5) is 0 Å². The van der Waals surface area contributed by atoms with Crippen molar-refractivity contribution in [1.29, 1.82) is 0 Å². The highest BCUT2D eigenvalue weighted by Gasteiger charge is 2.47. The number of rotatable bonds is 0. The minimum absolute atomic E-state index is 0.388. The molecule has 1 aliphatic carbocycles. The molecule has 0 aromatic rings. The number of fused-ring (bicyclic) bond motifs is 2. The molecule has 1 aliphatic heterocycles. The minimum atomic E-state index is 0.388. The zero-order chi connectivity index (χ0) is 8.93. The average molecular weight is 167 g/mol. The van der Waals surface area contributed by atoms with Crippen LogP contribution in [0, 0.1) is 5.92 Å². The maximum atomic E-state index is 2.74. The quantitative estimate of drug-likeness (QED) is 0.536. The molecular formula is C11H21N. The third-order valence-electron chi connectivity index (χ3n) is 3.73. The fraction of sp³-hybridized carbons (Fsp3) is 1.00. The zero-order valence-corrected chi connectivity index (χ0v) is 8.80. The van der Waals surface area contributed by atoms with Gasteiger partial charge >= 0.3 is 0 Å². The van der Waals surface area contributed by atoms with Gasteiger partial charge in [0, 0.05) is 17.6 Å². The molecule has 0 aromatic heterocycles. The minimum Gasteiger partial charge on any atom is -0.293 e. The van der Waals surface area contributed by atoms with E-state index in [0.29, 0.717) is 5.54 Å². The predicted octanol–water partition coefficient (Wildman–Crippen LogP) is 2.66. The molecule has 1 saturated carbocycles. The highest BCUT2D eigenvalue weighted by molar-refractivity contribution is 5.01. The maximum absolute atomic E-state index is 2.74. The topological polar surface area (TPSA) is 3.24 Å². The normalized spacial score (nSPS) is 42.5. The Morgan fingerprint density at radius 3 is 2.17 bits per heavy atom. The van der Waals surface area contributed by atoms with Crippen LogP contribution in [-0.2, 0) is 0 Å². The van der Waals surface area contributed by atoms with Gasteiger partial charge < -0.3 is 0 Å². The van der Waals surface area contributed by atoms with Crippen molar-refractivity contribution in [2.75, 3.05) is 0 Å². The lowest BCUT2D eigenvalue weighted by Gasteiger charge is -2.43. The van der Waals surface area contributed by atoms with E-state index in [4.69, 9.17) is 0 Å². The summed E-state index contributed by atoms with van der Waals surface area (Å²) < 4.78 is 0. The Bertz CT molecular complexity index is 178. The van der Waals surface area contributed by atoms with Gasteiger partial charge in [-0.15, -0.1) is 0 Å². The Morgan fingerprint density at radius 2 is 1.83 bits per heavy atom. The van der Waals surface area contributed by atoms with Crippen molar-refractivity contribution in [1.82, 2.24) is 4.90 Å². The largest absolute Gasteiger partial charge is 0.293 e. The first-order valence-corrected chi connectivity index (χ1v) is 5.28. The zero-order valence-electron chi connectivity index (χ0n) is 8.80. The molecule has 3 atom stereocenters. The van der Waals surface area contributed by atoms with E-state index in [2.05, 4.69) is 32.6 Å². The molecule has 12 heavy (non-hydrogen) atoms. The van der Waals surface area contributed by atoms with E-state index in [1.807, 2.05) is 0 Å². The number of hydrogen-bond donors (Lipinski definition) is 0. The molecule has 2 fully saturated rings. The summed E-state index contributed by atoms with van der Waals surface area (Å²) >= 11 is 0. The second-order valence-electron chi connectivity index (χ2n) is 5.55. The van der Waals surface area contributed by atoms with E-state index in [1.165, 1.54) is 19.3 Å². The smallest absolute Gasteiger partial charge is 0.0130 e. The number of hydrogen-bond acceptors (Lipinski definition) is 1. The van der Waals surface area contributed by atoms with Crippen molar-refractivity contribution in [3.05, 3.63) is 0 Å². The Balaban J connectivity index is 2.17. The van der Waals surface area contributed by atoms with Gasteiger partial charge in [-0.25, -0.2) is 0 Å². The third-order valence-corrected chi connectivity index (χ3v) is 3.73. The first-order chi connectivity index (χ1) is 5.50. The molecule has 2 rings (SSSR count). The van der Waals surface area contributed by atoms with E-state index in [-0.39, 0.29) is 0 Å². The number of nitrogens with zero attached hydrogens (tertiary/aromatic N) is 1. The third kappa shape index (κ3) is 1.10. The van der Waals surface area contributed by atoms with Gasteiger partial charge in [0.1, 0.15) is 0 Å². The molecule has 0 aromatic carbocycles. The summed E-state index contributed by atoms with van der Waals surface area (Å²) in [6, 6.07) is 1.74. The van der Waals surface area contributed by atoms with Crippen LogP contribution in [0.3, 0.4) is 0 Å². The lowest BCUT2D eigenvalue weighted by molar-refractivity contribution is 0.0518. The summed E-state index contributed by atoms with van der Waals surface area (Å²) in [6.45, 7) is 9.47. The van der Waals surface area contributed by atoms with Crippen LogP contribution in [0.2, 0.25) is 0 Å². The van der Waals surface area contributed by atoms with Crippen molar-refractivity contribution in [3.63, 3.8) is 0 Å². The van der Waals surface area contributed by atoms with Crippen molar-refractivity contribution >= 4 is 0 Å². The van der Waals surface area contributed by atoms with Crippen LogP contribution in [0.15, 0.2) is 0 Å². The second kappa shape index (κ2) is 2.47. The summed E-state index contributed by atoms with van der Waals surface area (Å²) in [5.74, 6) is 1.01. The molecule has 2 bridgehead atoms. The van der Waals surface area contributed by atoms with Gasteiger partial charge in [0.05, 0.1) is 0 Å². The molecule has 1 heterocycles. The van der Waals surface area contributed by atoms with Crippen LogP contribution >= 0.6 is 0 Å². The van der Waals surface area contributed by atoms with Crippen molar-refractivity contribution in [3.8, 4) is 0 Å². The molecule has 2 aliphatic rings. The molecule has 0 radical (unpaired) electrons. The summed E-state index contributed by atoms with van der Waals surface area (Å²) in [7, 11) is 0. The van der Waals surface area contributed by atoms with Gasteiger partial charge in [-0.1, -0.05) is 0 Å². The first kappa shape index (κ1) is 8.55. The van der Waals surface area contributed by atoms with E-state index in [0.717, 1.165) is 18.0 Å². The second-order valence-corrected chi connectivity index (χ2v) is 5.55. The summed E-state index contributed by atoms with van der Waals surface area (Å²) in [5.41, 5.74) is 0.388. The van der Waals surface area contributed by atoms with Crippen LogP contribution < -0.4 is 0 Å². The van der Waals surface area contributed by atoms with Gasteiger partial charge in [-0.05, 0) is 52.9 Å². The van der Waals surface area contributed by atoms with Crippen LogP contribution in [0.5, 0.6) is 0 Å². The van der Waals surface area contributed by atoms with Crippen molar-refractivity contribution in [2.24, 2.45) is 5.92 Å². The van der Waals surface area contributed by atoms with Gasteiger partial charge in [-0.3, -0.25) is 4.90 Å². The number of piperidine rings is 1. The van der Waals surface area contributed by atoms with Crippen LogP contribution in [-0.4, -0.2) is 22.5 Å². The monoisotopic (exact) mass is 167 g/mol. The summed E-state index contributed by atoms with van der Waals surface area (Å²) in [5, 5.41) is 0. The molecule has 1 saturated heterocycles. The lowest BCUT2D eigenvalue weighted by atomic mass is 9.95. The summed E-state index contributed by atoms with van der Waals surface area (Å²) in [6.07, 6.45) is 4.41. The van der Waals surface area contributed by atoms with Crippen LogP contribution in [0.1, 0.15) is 47.0 Å². The van der Waals surface area contributed by atoms with Gasteiger partial charge in [0.15, 0.2) is 0 Å². The van der Waals surface area contributed by atoms with Crippen molar-refractivity contribution in [2.45, 2.75) is 64.6 Å². The number of likely N-dealkylation sites (tertiary alicyclic amines) is 1.